The van der Waals surface area contributed by atoms with Crippen LogP contribution in [0.4, 0.5) is 0 Å². The first kappa shape index (κ1) is 11.7. The summed E-state index contributed by atoms with van der Waals surface area (Å²) in [6, 6.07) is 18.7. The van der Waals surface area contributed by atoms with Crippen LogP contribution in [-0.2, 0) is 6.54 Å². The molecule has 0 aliphatic rings. The molecular formula is C17H16N2. The highest BCUT2D eigenvalue weighted by Crippen LogP contribution is 2.22. The number of hydrogen-bond donors (Lipinski definition) is 0. The van der Waals surface area contributed by atoms with Crippen molar-refractivity contribution < 1.29 is 0 Å². The van der Waals surface area contributed by atoms with Gasteiger partial charge in [0.1, 0.15) is 0 Å². The molecule has 3 aromatic rings. The Balaban J connectivity index is 1.90. The molecule has 0 unspecified atom stereocenters. The van der Waals surface area contributed by atoms with E-state index in [0.717, 1.165) is 12.2 Å². The number of pyridine rings is 1. The van der Waals surface area contributed by atoms with Gasteiger partial charge < -0.3 is 4.57 Å². The molecule has 2 heteroatoms. The van der Waals surface area contributed by atoms with Gasteiger partial charge >= 0.3 is 0 Å². The third-order valence-corrected chi connectivity index (χ3v) is 3.28. The van der Waals surface area contributed by atoms with Crippen molar-refractivity contribution >= 4 is 0 Å². The smallest absolute Gasteiger partial charge is 0.0645 e. The predicted molar refractivity (Wildman–Crippen MR) is 77.9 cm³/mol. The molecular weight excluding hydrogens is 232 g/mol. The molecule has 2 aromatic heterocycles. The van der Waals surface area contributed by atoms with Crippen LogP contribution in [0.2, 0.25) is 0 Å². The van der Waals surface area contributed by atoms with Gasteiger partial charge in [-0.2, -0.15) is 0 Å². The first-order valence-electron chi connectivity index (χ1n) is 6.45. The third kappa shape index (κ3) is 2.58. The molecule has 0 atom stereocenters. The number of nitrogens with zero attached hydrogens (tertiary/aromatic N) is 2. The van der Waals surface area contributed by atoms with Crippen molar-refractivity contribution in [3.8, 4) is 11.1 Å². The highest BCUT2D eigenvalue weighted by atomic mass is 15.0. The van der Waals surface area contributed by atoms with E-state index in [0.29, 0.717) is 0 Å². The van der Waals surface area contributed by atoms with Gasteiger partial charge in [-0.1, -0.05) is 36.4 Å². The van der Waals surface area contributed by atoms with Gasteiger partial charge in [0.15, 0.2) is 0 Å². The van der Waals surface area contributed by atoms with Crippen LogP contribution in [0, 0.1) is 6.92 Å². The van der Waals surface area contributed by atoms with Crippen LogP contribution in [-0.4, -0.2) is 9.55 Å². The maximum atomic E-state index is 4.38. The van der Waals surface area contributed by atoms with E-state index in [1.165, 1.54) is 16.8 Å². The fourth-order valence-corrected chi connectivity index (χ4v) is 2.24. The summed E-state index contributed by atoms with van der Waals surface area (Å²) in [5.74, 6) is 0. The molecule has 1 aromatic carbocycles. The first-order valence-corrected chi connectivity index (χ1v) is 6.45. The Labute approximate surface area is 113 Å². The fourth-order valence-electron chi connectivity index (χ4n) is 2.24. The second-order valence-corrected chi connectivity index (χ2v) is 4.69. The van der Waals surface area contributed by atoms with Crippen molar-refractivity contribution in [2.45, 2.75) is 13.5 Å². The summed E-state index contributed by atoms with van der Waals surface area (Å²) in [6.07, 6.45) is 4.03. The predicted octanol–water partition coefficient (Wildman–Crippen LogP) is 3.91. The summed E-state index contributed by atoms with van der Waals surface area (Å²) in [4.78, 5) is 4.38. The van der Waals surface area contributed by atoms with E-state index in [9.17, 15) is 0 Å². The Hall–Kier alpha value is -2.35. The summed E-state index contributed by atoms with van der Waals surface area (Å²) >= 11 is 0. The van der Waals surface area contributed by atoms with Crippen molar-refractivity contribution in [3.05, 3.63) is 78.4 Å². The summed E-state index contributed by atoms with van der Waals surface area (Å²) in [5.41, 5.74) is 4.85. The molecule has 94 valence electrons. The summed E-state index contributed by atoms with van der Waals surface area (Å²) in [5, 5.41) is 0. The number of benzene rings is 1. The second-order valence-electron chi connectivity index (χ2n) is 4.69. The van der Waals surface area contributed by atoms with E-state index in [1.807, 2.05) is 24.4 Å². The fraction of sp³-hybridized carbons (Fsp3) is 0.118. The van der Waals surface area contributed by atoms with Crippen LogP contribution in [0.3, 0.4) is 0 Å². The topological polar surface area (TPSA) is 17.8 Å². The van der Waals surface area contributed by atoms with Crippen LogP contribution in [0.15, 0.2) is 67.0 Å². The van der Waals surface area contributed by atoms with Crippen LogP contribution in [0.25, 0.3) is 11.1 Å². The number of hydrogen-bond acceptors (Lipinski definition) is 1. The first-order chi connectivity index (χ1) is 9.33. The Morgan fingerprint density at radius 2 is 1.74 bits per heavy atom. The molecule has 0 bridgehead atoms. The average Bonchev–Trinajstić information content (AvgIpc) is 2.82. The minimum atomic E-state index is 0.819. The average molecular weight is 248 g/mol. The standard InChI is InChI=1S/C17H16N2/c1-14-11-16(15-7-3-2-4-8-15)12-19(14)13-17-9-5-6-10-18-17/h2-12H,13H2,1H3. The van der Waals surface area contributed by atoms with Gasteiger partial charge in [0, 0.05) is 18.1 Å². The van der Waals surface area contributed by atoms with E-state index in [-0.39, 0.29) is 0 Å². The zero-order chi connectivity index (χ0) is 13.1. The van der Waals surface area contributed by atoms with Crippen molar-refractivity contribution in [2.24, 2.45) is 0 Å². The van der Waals surface area contributed by atoms with Gasteiger partial charge in [0.25, 0.3) is 0 Å². The minimum absolute atomic E-state index is 0.819. The van der Waals surface area contributed by atoms with Gasteiger partial charge in [-0.25, -0.2) is 0 Å². The van der Waals surface area contributed by atoms with Gasteiger partial charge in [0.05, 0.1) is 12.2 Å². The second kappa shape index (κ2) is 5.11. The molecule has 3 rings (SSSR count). The molecule has 0 fully saturated rings. The summed E-state index contributed by atoms with van der Waals surface area (Å²) in [6.45, 7) is 2.95. The Bertz CT molecular complexity index is 654. The molecule has 19 heavy (non-hydrogen) atoms. The lowest BCUT2D eigenvalue weighted by Crippen LogP contribution is -2.01. The molecule has 2 heterocycles. The molecule has 0 aliphatic heterocycles. The molecule has 0 amide bonds. The molecule has 2 nitrogen and oxygen atoms in total. The van der Waals surface area contributed by atoms with Crippen molar-refractivity contribution in [1.29, 1.82) is 0 Å². The van der Waals surface area contributed by atoms with Crippen LogP contribution >= 0.6 is 0 Å². The Kier molecular flexibility index (Phi) is 3.15. The normalized spacial score (nSPS) is 10.6. The Morgan fingerprint density at radius 3 is 2.47 bits per heavy atom. The molecule has 0 spiro atoms. The number of aromatic nitrogens is 2. The highest BCUT2D eigenvalue weighted by molar-refractivity contribution is 5.63. The quantitative estimate of drug-likeness (QED) is 0.687. The number of rotatable bonds is 3. The highest BCUT2D eigenvalue weighted by Gasteiger charge is 2.05. The van der Waals surface area contributed by atoms with E-state index in [1.54, 1.807) is 0 Å². The monoisotopic (exact) mass is 248 g/mol. The molecule has 0 N–H and O–H groups in total. The molecule has 0 radical (unpaired) electrons. The maximum Gasteiger partial charge on any atom is 0.0645 e. The van der Waals surface area contributed by atoms with Gasteiger partial charge in [0.2, 0.25) is 0 Å². The lowest BCUT2D eigenvalue weighted by molar-refractivity contribution is 0.755. The lowest BCUT2D eigenvalue weighted by atomic mass is 10.1. The third-order valence-electron chi connectivity index (χ3n) is 3.28. The molecule has 0 saturated heterocycles. The Morgan fingerprint density at radius 1 is 0.947 bits per heavy atom. The zero-order valence-electron chi connectivity index (χ0n) is 11.0. The summed E-state index contributed by atoms with van der Waals surface area (Å²) < 4.78 is 2.24. The van der Waals surface area contributed by atoms with Crippen molar-refractivity contribution in [3.63, 3.8) is 0 Å². The van der Waals surface area contributed by atoms with E-state index in [2.05, 4.69) is 59.1 Å². The van der Waals surface area contributed by atoms with Crippen LogP contribution in [0.1, 0.15) is 11.4 Å². The van der Waals surface area contributed by atoms with Gasteiger partial charge in [-0.15, -0.1) is 0 Å². The van der Waals surface area contributed by atoms with E-state index < -0.39 is 0 Å². The van der Waals surface area contributed by atoms with E-state index >= 15 is 0 Å². The van der Waals surface area contributed by atoms with E-state index in [4.69, 9.17) is 0 Å². The SMILES string of the molecule is Cc1cc(-c2ccccc2)cn1Cc1ccccn1. The van der Waals surface area contributed by atoms with Crippen LogP contribution in [0.5, 0.6) is 0 Å². The largest absolute Gasteiger partial charge is 0.345 e. The zero-order valence-corrected chi connectivity index (χ0v) is 11.0. The molecule has 0 aliphatic carbocycles. The van der Waals surface area contributed by atoms with Gasteiger partial charge in [-0.05, 0) is 36.2 Å². The lowest BCUT2D eigenvalue weighted by Gasteiger charge is -2.04. The minimum Gasteiger partial charge on any atom is -0.345 e. The molecule has 0 saturated carbocycles. The maximum absolute atomic E-state index is 4.38. The number of aryl methyl sites for hydroxylation is 1. The van der Waals surface area contributed by atoms with Crippen molar-refractivity contribution in [1.82, 2.24) is 9.55 Å². The van der Waals surface area contributed by atoms with Crippen molar-refractivity contribution in [2.75, 3.05) is 0 Å². The van der Waals surface area contributed by atoms with Gasteiger partial charge in [-0.3, -0.25) is 4.98 Å². The van der Waals surface area contributed by atoms with Crippen LogP contribution < -0.4 is 0 Å². The summed E-state index contributed by atoms with van der Waals surface area (Å²) in [7, 11) is 0.